The van der Waals surface area contributed by atoms with Crippen LogP contribution in [0.5, 0.6) is 0 Å². The summed E-state index contributed by atoms with van der Waals surface area (Å²) < 4.78 is 5.39. The quantitative estimate of drug-likeness (QED) is 0.263. The maximum atomic E-state index is 13.9. The molecule has 1 saturated heterocycles. The number of carbonyl (C=O) groups is 1. The lowest BCUT2D eigenvalue weighted by molar-refractivity contribution is -0.136. The lowest BCUT2D eigenvalue weighted by Gasteiger charge is -2.54. The first-order chi connectivity index (χ1) is 20.0. The second kappa shape index (κ2) is 11.4. The smallest absolute Gasteiger partial charge is 0.176 e. The molecule has 5 atom stereocenters. The number of aliphatic hydroxyl groups is 1. The Labute approximate surface area is 244 Å². The van der Waals surface area contributed by atoms with Crippen LogP contribution >= 0.6 is 0 Å². The first-order valence-electron chi connectivity index (χ1n) is 15.6. The number of ketones is 1. The molecule has 1 aromatic rings. The first kappa shape index (κ1) is 28.2. The van der Waals surface area contributed by atoms with Crippen LogP contribution in [-0.2, 0) is 9.53 Å². The fraction of sp³-hybridized carbons (Fsp3) is 0.600. The molecule has 41 heavy (non-hydrogen) atoms. The summed E-state index contributed by atoms with van der Waals surface area (Å²) in [6, 6.07) is 9.26. The van der Waals surface area contributed by atoms with Crippen LogP contribution in [-0.4, -0.2) is 55.2 Å². The third-order valence-electron chi connectivity index (χ3n) is 11.2. The summed E-state index contributed by atoms with van der Waals surface area (Å²) in [4.78, 5) is 16.4. The van der Waals surface area contributed by atoms with Crippen LogP contribution < -0.4 is 4.90 Å². The molecule has 3 fully saturated rings. The minimum atomic E-state index is -0.821. The Bertz CT molecular complexity index is 1330. The minimum Gasteiger partial charge on any atom is -0.411 e. The van der Waals surface area contributed by atoms with Gasteiger partial charge < -0.3 is 20.0 Å². The van der Waals surface area contributed by atoms with Gasteiger partial charge in [0.2, 0.25) is 0 Å². The number of oxime groups is 1. The van der Waals surface area contributed by atoms with Crippen molar-refractivity contribution in [3.8, 4) is 11.8 Å². The molecule has 0 radical (unpaired) electrons. The van der Waals surface area contributed by atoms with E-state index >= 15 is 0 Å². The van der Waals surface area contributed by atoms with Gasteiger partial charge in [-0.05, 0) is 116 Å². The highest BCUT2D eigenvalue weighted by Crippen LogP contribution is 2.69. The average molecular weight is 557 g/mol. The zero-order valence-electron chi connectivity index (χ0n) is 24.6. The van der Waals surface area contributed by atoms with Crippen molar-refractivity contribution in [1.82, 2.24) is 0 Å². The summed E-state index contributed by atoms with van der Waals surface area (Å²) >= 11 is 0. The number of piperidine rings is 1. The second-order valence-corrected chi connectivity index (χ2v) is 13.0. The Balaban J connectivity index is 1.47. The monoisotopic (exact) mass is 556 g/mol. The average Bonchev–Trinajstić information content (AvgIpc) is 3.32. The number of anilines is 1. The minimum absolute atomic E-state index is 0.0480. The number of hydrogen-bond acceptors (Lipinski definition) is 6. The summed E-state index contributed by atoms with van der Waals surface area (Å²) in [7, 11) is 1.58. The van der Waals surface area contributed by atoms with Crippen molar-refractivity contribution in [3.63, 3.8) is 0 Å². The Hall–Kier alpha value is -2.88. The molecule has 2 saturated carbocycles. The van der Waals surface area contributed by atoms with E-state index in [1.54, 1.807) is 12.7 Å². The molecular weight excluding hydrogens is 512 g/mol. The normalized spacial score (nSPS) is 33.8. The standard InChI is InChI=1S/C35H44N2O4/c1-34-22-30(24-7-11-27(12-8-24)37-18-4-3-5-19-37)33-28-14-10-26(36-40)21-25(28)9-13-29(33)31(34)15-17-35(34,16-6-20-38)32(39)23-41-2/h7-8,11-12,21,29-31,38,40H,3-5,9-10,13-15,17-20,22-23H2,1-2H3/t29-,30+,31-,34-,35+/m0/s1. The van der Waals surface area contributed by atoms with E-state index in [1.165, 1.54) is 41.7 Å². The van der Waals surface area contributed by atoms with Crippen molar-refractivity contribution in [2.75, 3.05) is 38.3 Å². The van der Waals surface area contributed by atoms with Crippen LogP contribution in [0.1, 0.15) is 82.6 Å². The molecule has 6 rings (SSSR count). The van der Waals surface area contributed by atoms with Gasteiger partial charge in [0, 0.05) is 31.8 Å². The number of fused-ring (bicyclic) bond motifs is 4. The van der Waals surface area contributed by atoms with Crippen molar-refractivity contribution >= 4 is 17.2 Å². The molecule has 6 heteroatoms. The molecule has 1 aliphatic heterocycles. The highest BCUT2D eigenvalue weighted by atomic mass is 16.5. The van der Waals surface area contributed by atoms with Crippen LogP contribution in [0.25, 0.3) is 0 Å². The molecule has 6 nitrogen and oxygen atoms in total. The Morgan fingerprint density at radius 2 is 1.90 bits per heavy atom. The zero-order chi connectivity index (χ0) is 28.6. The van der Waals surface area contributed by atoms with Crippen molar-refractivity contribution in [1.29, 1.82) is 0 Å². The second-order valence-electron chi connectivity index (χ2n) is 13.0. The molecule has 4 aliphatic carbocycles. The number of allylic oxidation sites excluding steroid dienone is 4. The topological polar surface area (TPSA) is 82.4 Å². The highest BCUT2D eigenvalue weighted by Gasteiger charge is 2.65. The fourth-order valence-electron chi connectivity index (χ4n) is 9.32. The van der Waals surface area contributed by atoms with E-state index in [0.717, 1.165) is 57.3 Å². The van der Waals surface area contributed by atoms with E-state index < -0.39 is 5.41 Å². The van der Waals surface area contributed by atoms with E-state index in [0.29, 0.717) is 18.3 Å². The van der Waals surface area contributed by atoms with Gasteiger partial charge in [0.1, 0.15) is 13.2 Å². The predicted octanol–water partition coefficient (Wildman–Crippen LogP) is 6.04. The summed E-state index contributed by atoms with van der Waals surface area (Å²) in [6.07, 6.45) is 12.1. The Morgan fingerprint density at radius 3 is 2.61 bits per heavy atom. The van der Waals surface area contributed by atoms with Crippen LogP contribution in [0.4, 0.5) is 5.69 Å². The molecule has 1 heterocycles. The van der Waals surface area contributed by atoms with Gasteiger partial charge in [0.25, 0.3) is 0 Å². The number of aliphatic hydroxyl groups excluding tert-OH is 1. The van der Waals surface area contributed by atoms with Gasteiger partial charge in [-0.2, -0.15) is 0 Å². The number of methoxy groups -OCH3 is 1. The number of benzene rings is 1. The molecule has 0 amide bonds. The number of hydrogen-bond donors (Lipinski definition) is 2. The third kappa shape index (κ3) is 4.66. The van der Waals surface area contributed by atoms with Gasteiger partial charge in [0.15, 0.2) is 5.78 Å². The number of Topliss-reactive ketones (excluding diaryl/α,β-unsaturated/α-hetero) is 1. The summed E-state index contributed by atoms with van der Waals surface area (Å²) in [5.74, 6) is 7.24. The van der Waals surface area contributed by atoms with Crippen molar-refractivity contribution < 1.29 is 19.8 Å². The number of rotatable bonds is 5. The predicted molar refractivity (Wildman–Crippen MR) is 161 cm³/mol. The molecule has 2 N–H and O–H groups in total. The fourth-order valence-corrected chi connectivity index (χ4v) is 9.32. The van der Waals surface area contributed by atoms with Gasteiger partial charge in [-0.25, -0.2) is 0 Å². The number of ether oxygens (including phenoxy) is 1. The van der Waals surface area contributed by atoms with E-state index in [4.69, 9.17) is 4.74 Å². The number of nitrogens with zero attached hydrogens (tertiary/aromatic N) is 2. The van der Waals surface area contributed by atoms with Crippen LogP contribution in [0.2, 0.25) is 0 Å². The Kier molecular flexibility index (Phi) is 7.87. The maximum Gasteiger partial charge on any atom is 0.176 e. The summed E-state index contributed by atoms with van der Waals surface area (Å²) in [6.45, 7) is 4.36. The van der Waals surface area contributed by atoms with Gasteiger partial charge in [0.05, 0.1) is 11.1 Å². The van der Waals surface area contributed by atoms with Crippen LogP contribution in [0, 0.1) is 34.5 Å². The van der Waals surface area contributed by atoms with E-state index in [9.17, 15) is 15.1 Å². The molecule has 218 valence electrons. The molecule has 0 bridgehead atoms. The van der Waals surface area contributed by atoms with E-state index in [1.807, 2.05) is 0 Å². The molecule has 5 aliphatic rings. The summed E-state index contributed by atoms with van der Waals surface area (Å²) in [5.41, 5.74) is 6.58. The highest BCUT2D eigenvalue weighted by molar-refractivity contribution is 5.97. The van der Waals surface area contributed by atoms with Gasteiger partial charge in [-0.3, -0.25) is 4.79 Å². The van der Waals surface area contributed by atoms with E-state index in [2.05, 4.69) is 59.2 Å². The molecule has 0 unspecified atom stereocenters. The van der Waals surface area contributed by atoms with Crippen LogP contribution in [0.3, 0.4) is 0 Å². The lowest BCUT2D eigenvalue weighted by atomic mass is 9.48. The number of carbonyl (C=O) groups excluding carboxylic acids is 1. The molecular formula is C35H44N2O4. The zero-order valence-corrected chi connectivity index (χ0v) is 24.6. The Morgan fingerprint density at radius 1 is 1.12 bits per heavy atom. The third-order valence-corrected chi connectivity index (χ3v) is 11.2. The van der Waals surface area contributed by atoms with Crippen molar-refractivity contribution in [3.05, 3.63) is 52.6 Å². The van der Waals surface area contributed by atoms with Crippen molar-refractivity contribution in [2.24, 2.45) is 27.8 Å². The van der Waals surface area contributed by atoms with Gasteiger partial charge >= 0.3 is 0 Å². The largest absolute Gasteiger partial charge is 0.411 e. The van der Waals surface area contributed by atoms with Gasteiger partial charge in [-0.15, -0.1) is 0 Å². The lowest BCUT2D eigenvalue weighted by Crippen LogP contribution is -2.51. The van der Waals surface area contributed by atoms with Crippen LogP contribution in [0.15, 0.2) is 52.2 Å². The molecule has 1 aromatic carbocycles. The van der Waals surface area contributed by atoms with Gasteiger partial charge in [-0.1, -0.05) is 41.6 Å². The first-order valence-corrected chi connectivity index (χ1v) is 15.6. The van der Waals surface area contributed by atoms with Crippen molar-refractivity contribution in [2.45, 2.75) is 77.0 Å². The maximum absolute atomic E-state index is 13.9. The van der Waals surface area contributed by atoms with E-state index in [-0.39, 0.29) is 30.3 Å². The molecule has 0 spiro atoms. The SMILES string of the molecule is COCC(=O)[C@@]1(C#CCO)CC[C@H]2[C@@H]3CCC4=CC(=NO)CCC4=C3[C@@H](c3ccc(N4CCCCC4)cc3)C[C@@]21C. The summed E-state index contributed by atoms with van der Waals surface area (Å²) in [5, 5.41) is 22.8. The molecule has 0 aromatic heterocycles.